The van der Waals surface area contributed by atoms with Crippen LogP contribution < -0.4 is 0 Å². The number of carbonyl (C=O) groups excluding carboxylic acids is 1. The first-order valence-electron chi connectivity index (χ1n) is 10.9. The minimum atomic E-state index is -0.242. The summed E-state index contributed by atoms with van der Waals surface area (Å²) in [5.41, 5.74) is 4.89. The second-order valence-electron chi connectivity index (χ2n) is 8.64. The lowest BCUT2D eigenvalue weighted by molar-refractivity contribution is 0.0748. The van der Waals surface area contributed by atoms with Crippen molar-refractivity contribution in [1.82, 2.24) is 14.7 Å². The molecule has 2 aliphatic heterocycles. The lowest BCUT2D eigenvalue weighted by Crippen LogP contribution is -2.45. The Bertz CT molecular complexity index is 1010. The summed E-state index contributed by atoms with van der Waals surface area (Å²) < 4.78 is 0. The van der Waals surface area contributed by atoms with Crippen LogP contribution in [0.15, 0.2) is 36.9 Å². The normalized spacial score (nSPS) is 17.0. The van der Waals surface area contributed by atoms with Gasteiger partial charge in [-0.25, -0.2) is 0 Å². The Labute approximate surface area is 184 Å². The molecule has 1 amide bonds. The molecule has 4 rings (SSSR count). The van der Waals surface area contributed by atoms with Crippen LogP contribution in [0.25, 0.3) is 5.57 Å². The molecule has 31 heavy (non-hydrogen) atoms. The average Bonchev–Trinajstić information content (AvgIpc) is 3.17. The molecule has 1 saturated heterocycles. The summed E-state index contributed by atoms with van der Waals surface area (Å²) in [4.78, 5) is 19.8. The number of hydrogen-bond acceptors (Lipinski definition) is 5. The van der Waals surface area contributed by atoms with Crippen molar-refractivity contribution in [3.63, 3.8) is 0 Å². The quantitative estimate of drug-likeness (QED) is 0.774. The first kappa shape index (κ1) is 21.4. The summed E-state index contributed by atoms with van der Waals surface area (Å²) in [5, 5.41) is 20.3. The molecule has 2 heterocycles. The minimum Gasteiger partial charge on any atom is -0.507 e. The van der Waals surface area contributed by atoms with E-state index in [0.29, 0.717) is 24.2 Å². The van der Waals surface area contributed by atoms with E-state index in [4.69, 9.17) is 0 Å². The van der Waals surface area contributed by atoms with Crippen LogP contribution in [0.1, 0.15) is 46.5 Å². The van der Waals surface area contributed by atoms with Gasteiger partial charge in [-0.15, -0.1) is 0 Å². The number of rotatable bonds is 5. The molecule has 164 valence electrons. The standard InChI is InChI=1S/C25H31N3O3/c1-4-26-7-9-27(10-8-26)14-18-5-6-19-15-28(16-20(19)11-18)25(31)22-12-21(17(2)3)23(29)13-24(22)30/h5-6,11-13,29-30H,2,4,7-10,14-16H2,1,3H3. The van der Waals surface area contributed by atoms with Crippen LogP contribution >= 0.6 is 0 Å². The van der Waals surface area contributed by atoms with E-state index < -0.39 is 0 Å². The number of carbonyl (C=O) groups is 1. The van der Waals surface area contributed by atoms with Gasteiger partial charge in [0.25, 0.3) is 5.91 Å². The van der Waals surface area contributed by atoms with Gasteiger partial charge in [0.15, 0.2) is 0 Å². The van der Waals surface area contributed by atoms with Crippen LogP contribution in [0.3, 0.4) is 0 Å². The summed E-state index contributed by atoms with van der Waals surface area (Å²) in [6.45, 7) is 15.3. The van der Waals surface area contributed by atoms with Gasteiger partial charge in [0.1, 0.15) is 11.5 Å². The number of fused-ring (bicyclic) bond motifs is 1. The number of piperazine rings is 1. The van der Waals surface area contributed by atoms with Gasteiger partial charge < -0.3 is 20.0 Å². The first-order chi connectivity index (χ1) is 14.9. The minimum absolute atomic E-state index is 0.0735. The van der Waals surface area contributed by atoms with E-state index in [-0.39, 0.29) is 23.0 Å². The van der Waals surface area contributed by atoms with E-state index in [2.05, 4.69) is 41.5 Å². The zero-order valence-electron chi connectivity index (χ0n) is 18.4. The molecule has 0 radical (unpaired) electrons. The van der Waals surface area contributed by atoms with Crippen molar-refractivity contribution in [2.45, 2.75) is 33.5 Å². The Morgan fingerprint density at radius 2 is 1.58 bits per heavy atom. The average molecular weight is 422 g/mol. The van der Waals surface area contributed by atoms with E-state index in [9.17, 15) is 15.0 Å². The van der Waals surface area contributed by atoms with Crippen molar-refractivity contribution in [3.8, 4) is 11.5 Å². The predicted molar refractivity (Wildman–Crippen MR) is 122 cm³/mol. The van der Waals surface area contributed by atoms with Gasteiger partial charge in [0.2, 0.25) is 0 Å². The van der Waals surface area contributed by atoms with E-state index in [0.717, 1.165) is 50.4 Å². The highest BCUT2D eigenvalue weighted by molar-refractivity contribution is 5.98. The summed E-state index contributed by atoms with van der Waals surface area (Å²) in [7, 11) is 0. The Morgan fingerprint density at radius 1 is 0.935 bits per heavy atom. The van der Waals surface area contributed by atoms with E-state index in [1.54, 1.807) is 11.8 Å². The smallest absolute Gasteiger partial charge is 0.258 e. The molecular formula is C25H31N3O3. The fraction of sp³-hybridized carbons (Fsp3) is 0.400. The number of phenolic OH excluding ortho intramolecular Hbond substituents is 2. The topological polar surface area (TPSA) is 67.3 Å². The number of likely N-dealkylation sites (N-methyl/N-ethyl adjacent to an activating group) is 1. The zero-order chi connectivity index (χ0) is 22.1. The second kappa shape index (κ2) is 8.73. The third-order valence-corrected chi connectivity index (χ3v) is 6.40. The summed E-state index contributed by atoms with van der Waals surface area (Å²) in [5.74, 6) is -0.528. The van der Waals surface area contributed by atoms with E-state index in [1.165, 1.54) is 17.7 Å². The number of amides is 1. The van der Waals surface area contributed by atoms with Crippen molar-refractivity contribution in [1.29, 1.82) is 0 Å². The van der Waals surface area contributed by atoms with Crippen LogP contribution in [0, 0.1) is 0 Å². The van der Waals surface area contributed by atoms with Crippen molar-refractivity contribution in [2.24, 2.45) is 0 Å². The molecule has 0 bridgehead atoms. The Morgan fingerprint density at radius 3 is 2.26 bits per heavy atom. The molecule has 2 aliphatic rings. The monoisotopic (exact) mass is 421 g/mol. The van der Waals surface area contributed by atoms with Gasteiger partial charge in [-0.2, -0.15) is 0 Å². The molecule has 2 aromatic carbocycles. The van der Waals surface area contributed by atoms with Crippen molar-refractivity contribution < 1.29 is 15.0 Å². The first-order valence-corrected chi connectivity index (χ1v) is 10.9. The zero-order valence-corrected chi connectivity index (χ0v) is 18.4. The van der Waals surface area contributed by atoms with Gasteiger partial charge in [-0.1, -0.05) is 31.7 Å². The van der Waals surface area contributed by atoms with Gasteiger partial charge in [0.05, 0.1) is 5.56 Å². The highest BCUT2D eigenvalue weighted by Crippen LogP contribution is 2.34. The number of aromatic hydroxyl groups is 2. The fourth-order valence-electron chi connectivity index (χ4n) is 4.47. The van der Waals surface area contributed by atoms with Gasteiger partial charge >= 0.3 is 0 Å². The lowest BCUT2D eigenvalue weighted by Gasteiger charge is -2.34. The number of hydrogen-bond donors (Lipinski definition) is 2. The molecule has 1 fully saturated rings. The molecular weight excluding hydrogens is 390 g/mol. The Balaban J connectivity index is 1.46. The van der Waals surface area contributed by atoms with Crippen molar-refractivity contribution in [2.75, 3.05) is 32.7 Å². The van der Waals surface area contributed by atoms with Crippen molar-refractivity contribution in [3.05, 3.63) is 64.7 Å². The molecule has 0 saturated carbocycles. The summed E-state index contributed by atoms with van der Waals surface area (Å²) in [6.07, 6.45) is 0. The molecule has 2 N–H and O–H groups in total. The van der Waals surface area contributed by atoms with E-state index >= 15 is 0 Å². The SMILES string of the molecule is C=C(C)c1cc(C(=O)N2Cc3ccc(CN4CCN(CC)CC4)cc3C2)c(O)cc1O. The van der Waals surface area contributed by atoms with Crippen LogP contribution in [-0.4, -0.2) is 63.5 Å². The van der Waals surface area contributed by atoms with Gasteiger partial charge in [0, 0.05) is 57.4 Å². The maximum absolute atomic E-state index is 13.1. The lowest BCUT2D eigenvalue weighted by atomic mass is 10.0. The second-order valence-corrected chi connectivity index (χ2v) is 8.64. The molecule has 0 aliphatic carbocycles. The Hall–Kier alpha value is -2.83. The number of benzene rings is 2. The highest BCUT2D eigenvalue weighted by atomic mass is 16.3. The van der Waals surface area contributed by atoms with Gasteiger partial charge in [-0.3, -0.25) is 9.69 Å². The molecule has 0 spiro atoms. The summed E-state index contributed by atoms with van der Waals surface area (Å²) in [6, 6.07) is 9.24. The molecule has 6 heteroatoms. The third-order valence-electron chi connectivity index (χ3n) is 6.40. The third kappa shape index (κ3) is 4.45. The van der Waals surface area contributed by atoms with E-state index in [1.807, 2.05) is 0 Å². The molecule has 0 unspecified atom stereocenters. The predicted octanol–water partition coefficient (Wildman–Crippen LogP) is 3.42. The molecule has 0 aromatic heterocycles. The molecule has 0 atom stereocenters. The molecule has 6 nitrogen and oxygen atoms in total. The van der Waals surface area contributed by atoms with Crippen LogP contribution in [0.2, 0.25) is 0 Å². The van der Waals surface area contributed by atoms with Crippen LogP contribution in [0.4, 0.5) is 0 Å². The molecule has 2 aromatic rings. The van der Waals surface area contributed by atoms with Crippen LogP contribution in [-0.2, 0) is 19.6 Å². The number of phenols is 2. The Kier molecular flexibility index (Phi) is 6.03. The highest BCUT2D eigenvalue weighted by Gasteiger charge is 2.27. The number of nitrogens with zero attached hydrogens (tertiary/aromatic N) is 3. The summed E-state index contributed by atoms with van der Waals surface area (Å²) >= 11 is 0. The largest absolute Gasteiger partial charge is 0.507 e. The fourth-order valence-corrected chi connectivity index (χ4v) is 4.47. The van der Waals surface area contributed by atoms with Crippen LogP contribution in [0.5, 0.6) is 11.5 Å². The maximum Gasteiger partial charge on any atom is 0.258 e. The number of allylic oxidation sites excluding steroid dienone is 1. The van der Waals surface area contributed by atoms with Crippen molar-refractivity contribution >= 4 is 11.5 Å². The maximum atomic E-state index is 13.1. The van der Waals surface area contributed by atoms with Gasteiger partial charge in [-0.05, 0) is 41.8 Å².